The standard InChI is InChI=1S/C26H25N3O2S/c1-5-18-7-10-19(11-8-18)24(30)29-26(32)28-21-14-20(9-6-15(21)2)25-27-22-12-16(3)17(4)13-23(22)31-25/h6-14H,5H2,1-4H3,(H2,28,29,30,32). The first-order chi connectivity index (χ1) is 15.3. The van der Waals surface area contributed by atoms with E-state index >= 15 is 0 Å². The molecule has 0 bridgehead atoms. The SMILES string of the molecule is CCc1ccc(C(=O)NC(=S)Nc2cc(-c3nc4cc(C)c(C)cc4o3)ccc2C)cc1. The summed E-state index contributed by atoms with van der Waals surface area (Å²) in [6.45, 7) is 8.16. The molecule has 0 spiro atoms. The molecule has 0 aliphatic rings. The molecule has 2 N–H and O–H groups in total. The third-order valence-corrected chi connectivity index (χ3v) is 5.79. The predicted molar refractivity (Wildman–Crippen MR) is 133 cm³/mol. The Hall–Kier alpha value is -3.51. The van der Waals surface area contributed by atoms with Gasteiger partial charge in [0, 0.05) is 16.8 Å². The van der Waals surface area contributed by atoms with Crippen LogP contribution in [0.5, 0.6) is 0 Å². The Morgan fingerprint density at radius 2 is 1.69 bits per heavy atom. The van der Waals surface area contributed by atoms with Crippen molar-refractivity contribution in [2.45, 2.75) is 34.1 Å². The van der Waals surface area contributed by atoms with Gasteiger partial charge in [-0.25, -0.2) is 4.98 Å². The van der Waals surface area contributed by atoms with Gasteiger partial charge in [0.25, 0.3) is 5.91 Å². The molecule has 0 fully saturated rings. The minimum Gasteiger partial charge on any atom is -0.436 e. The van der Waals surface area contributed by atoms with Gasteiger partial charge in [-0.2, -0.15) is 0 Å². The number of hydrogen-bond donors (Lipinski definition) is 2. The molecule has 0 aliphatic heterocycles. The highest BCUT2D eigenvalue weighted by molar-refractivity contribution is 7.80. The summed E-state index contributed by atoms with van der Waals surface area (Å²) in [5, 5.41) is 6.11. The summed E-state index contributed by atoms with van der Waals surface area (Å²) in [5.41, 5.74) is 8.27. The molecule has 1 heterocycles. The van der Waals surface area contributed by atoms with Gasteiger partial charge in [0.05, 0.1) is 0 Å². The normalized spacial score (nSPS) is 10.9. The number of oxazole rings is 1. The van der Waals surface area contributed by atoms with Crippen LogP contribution < -0.4 is 10.6 Å². The average Bonchev–Trinajstić information content (AvgIpc) is 3.18. The molecule has 32 heavy (non-hydrogen) atoms. The molecule has 0 unspecified atom stereocenters. The van der Waals surface area contributed by atoms with E-state index in [0.717, 1.165) is 39.9 Å². The van der Waals surface area contributed by atoms with Crippen molar-refractivity contribution in [2.75, 3.05) is 5.32 Å². The van der Waals surface area contributed by atoms with Crippen molar-refractivity contribution < 1.29 is 9.21 Å². The van der Waals surface area contributed by atoms with E-state index in [4.69, 9.17) is 16.6 Å². The number of benzene rings is 3. The summed E-state index contributed by atoms with van der Waals surface area (Å²) in [7, 11) is 0. The lowest BCUT2D eigenvalue weighted by Gasteiger charge is -2.13. The van der Waals surface area contributed by atoms with Gasteiger partial charge in [0.2, 0.25) is 5.89 Å². The third kappa shape index (κ3) is 4.55. The van der Waals surface area contributed by atoms with E-state index in [-0.39, 0.29) is 11.0 Å². The van der Waals surface area contributed by atoms with Gasteiger partial charge in [-0.1, -0.05) is 25.1 Å². The van der Waals surface area contributed by atoms with Gasteiger partial charge < -0.3 is 9.73 Å². The highest BCUT2D eigenvalue weighted by Gasteiger charge is 2.13. The smallest absolute Gasteiger partial charge is 0.257 e. The molecular formula is C26H25N3O2S. The lowest BCUT2D eigenvalue weighted by atomic mass is 10.1. The zero-order valence-corrected chi connectivity index (χ0v) is 19.4. The molecule has 4 rings (SSSR count). The van der Waals surface area contributed by atoms with Crippen LogP contribution in [0.3, 0.4) is 0 Å². The minimum atomic E-state index is -0.247. The molecule has 1 aromatic heterocycles. The minimum absolute atomic E-state index is 0.235. The maximum atomic E-state index is 12.5. The number of nitrogens with one attached hydrogen (secondary N) is 2. The Labute approximate surface area is 192 Å². The number of aryl methyl sites for hydroxylation is 4. The number of thiocarbonyl (C=S) groups is 1. The fourth-order valence-electron chi connectivity index (χ4n) is 3.41. The molecule has 0 aliphatic carbocycles. The summed E-state index contributed by atoms with van der Waals surface area (Å²) < 4.78 is 5.99. The Kier molecular flexibility index (Phi) is 6.06. The second-order valence-electron chi connectivity index (χ2n) is 7.91. The van der Waals surface area contributed by atoms with E-state index in [9.17, 15) is 4.79 Å². The first-order valence-corrected chi connectivity index (χ1v) is 10.9. The maximum Gasteiger partial charge on any atom is 0.257 e. The van der Waals surface area contributed by atoms with E-state index in [0.29, 0.717) is 11.5 Å². The molecule has 6 heteroatoms. The first-order valence-electron chi connectivity index (χ1n) is 10.5. The number of aromatic nitrogens is 1. The summed E-state index contributed by atoms with van der Waals surface area (Å²) in [4.78, 5) is 17.1. The van der Waals surface area contributed by atoms with Gasteiger partial charge in [-0.3, -0.25) is 10.1 Å². The summed E-state index contributed by atoms with van der Waals surface area (Å²) in [6.07, 6.45) is 0.927. The Balaban J connectivity index is 1.52. The van der Waals surface area contributed by atoms with Crippen molar-refractivity contribution in [3.8, 4) is 11.5 Å². The van der Waals surface area contributed by atoms with Crippen molar-refractivity contribution in [1.82, 2.24) is 10.3 Å². The van der Waals surface area contributed by atoms with Gasteiger partial charge in [-0.15, -0.1) is 0 Å². The molecular weight excluding hydrogens is 418 g/mol. The van der Waals surface area contributed by atoms with Crippen LogP contribution in [0.4, 0.5) is 5.69 Å². The molecule has 0 radical (unpaired) electrons. The number of rotatable bonds is 4. The molecule has 1 amide bonds. The lowest BCUT2D eigenvalue weighted by Crippen LogP contribution is -2.34. The van der Waals surface area contributed by atoms with E-state index in [1.165, 1.54) is 11.1 Å². The summed E-state index contributed by atoms with van der Waals surface area (Å²) in [6, 6.07) is 17.4. The molecule has 5 nitrogen and oxygen atoms in total. The predicted octanol–water partition coefficient (Wildman–Crippen LogP) is 6.11. The quantitative estimate of drug-likeness (QED) is 0.373. The number of hydrogen-bond acceptors (Lipinski definition) is 4. The van der Waals surface area contributed by atoms with Crippen LogP contribution in [0.25, 0.3) is 22.6 Å². The lowest BCUT2D eigenvalue weighted by molar-refractivity contribution is 0.0977. The second-order valence-corrected chi connectivity index (χ2v) is 8.32. The van der Waals surface area contributed by atoms with E-state index in [1.54, 1.807) is 12.1 Å². The molecule has 162 valence electrons. The Morgan fingerprint density at radius 3 is 2.41 bits per heavy atom. The van der Waals surface area contributed by atoms with Crippen LogP contribution >= 0.6 is 12.2 Å². The number of carbonyl (C=O) groups excluding carboxylic acids is 1. The van der Waals surface area contributed by atoms with E-state index in [1.807, 2.05) is 49.4 Å². The molecule has 4 aromatic rings. The molecule has 0 saturated heterocycles. The molecule has 3 aromatic carbocycles. The highest BCUT2D eigenvalue weighted by atomic mass is 32.1. The topological polar surface area (TPSA) is 67.2 Å². The molecule has 0 saturated carbocycles. The summed E-state index contributed by atoms with van der Waals surface area (Å²) in [5.74, 6) is 0.294. The largest absolute Gasteiger partial charge is 0.436 e. The van der Waals surface area contributed by atoms with E-state index in [2.05, 4.69) is 36.4 Å². The Morgan fingerprint density at radius 1 is 0.969 bits per heavy atom. The number of anilines is 1. The van der Waals surface area contributed by atoms with Crippen LogP contribution in [-0.4, -0.2) is 16.0 Å². The highest BCUT2D eigenvalue weighted by Crippen LogP contribution is 2.29. The van der Waals surface area contributed by atoms with Gasteiger partial charge in [-0.05, 0) is 98.1 Å². The van der Waals surface area contributed by atoms with Crippen molar-refractivity contribution in [2.24, 2.45) is 0 Å². The van der Waals surface area contributed by atoms with Crippen LogP contribution in [0, 0.1) is 20.8 Å². The van der Waals surface area contributed by atoms with Crippen molar-refractivity contribution in [1.29, 1.82) is 0 Å². The van der Waals surface area contributed by atoms with Gasteiger partial charge in [0.1, 0.15) is 5.52 Å². The van der Waals surface area contributed by atoms with Gasteiger partial charge >= 0.3 is 0 Å². The molecule has 0 atom stereocenters. The van der Waals surface area contributed by atoms with Crippen LogP contribution in [0.2, 0.25) is 0 Å². The van der Waals surface area contributed by atoms with Crippen molar-refractivity contribution in [3.63, 3.8) is 0 Å². The average molecular weight is 444 g/mol. The van der Waals surface area contributed by atoms with Crippen LogP contribution in [0.1, 0.15) is 39.5 Å². The van der Waals surface area contributed by atoms with E-state index < -0.39 is 0 Å². The van der Waals surface area contributed by atoms with Crippen LogP contribution in [-0.2, 0) is 6.42 Å². The third-order valence-electron chi connectivity index (χ3n) is 5.59. The monoisotopic (exact) mass is 443 g/mol. The first kappa shape index (κ1) is 21.7. The van der Waals surface area contributed by atoms with Crippen molar-refractivity contribution >= 4 is 40.0 Å². The zero-order valence-electron chi connectivity index (χ0n) is 18.6. The second kappa shape index (κ2) is 8.93. The van der Waals surface area contributed by atoms with Crippen molar-refractivity contribution in [3.05, 3.63) is 82.4 Å². The maximum absolute atomic E-state index is 12.5. The number of carbonyl (C=O) groups is 1. The van der Waals surface area contributed by atoms with Gasteiger partial charge in [0.15, 0.2) is 10.7 Å². The zero-order chi connectivity index (χ0) is 22.8. The fraction of sp³-hybridized carbons (Fsp3) is 0.192. The number of amides is 1. The van der Waals surface area contributed by atoms with Crippen LogP contribution in [0.15, 0.2) is 59.0 Å². The Bertz CT molecular complexity index is 1280. The number of nitrogens with zero attached hydrogens (tertiary/aromatic N) is 1. The fourth-order valence-corrected chi connectivity index (χ4v) is 3.62. The summed E-state index contributed by atoms with van der Waals surface area (Å²) >= 11 is 5.38. The number of fused-ring (bicyclic) bond motifs is 1.